The zero-order chi connectivity index (χ0) is 13.7. The molecule has 1 aliphatic carbocycles. The molecule has 0 N–H and O–H groups in total. The van der Waals surface area contributed by atoms with Gasteiger partial charge in [-0.2, -0.15) is 0 Å². The average molecular weight is 252 g/mol. The Kier molecular flexibility index (Phi) is 5.19. The van der Waals surface area contributed by atoms with Crippen LogP contribution in [0.15, 0.2) is 41.9 Å². The van der Waals surface area contributed by atoms with Gasteiger partial charge in [0.1, 0.15) is 0 Å². The topological polar surface area (TPSA) is 0 Å². The molecule has 0 amide bonds. The van der Waals surface area contributed by atoms with Crippen LogP contribution in [-0.4, -0.2) is 6.91 Å². The molecule has 0 saturated heterocycles. The summed E-state index contributed by atoms with van der Waals surface area (Å²) in [5.41, 5.74) is 5.94. The van der Waals surface area contributed by atoms with Crippen molar-refractivity contribution in [3.8, 4) is 0 Å². The van der Waals surface area contributed by atoms with E-state index in [0.29, 0.717) is 0 Å². The fourth-order valence-electron chi connectivity index (χ4n) is 3.12. The SMILES string of the molecule is C=C1CCC/C=C(/C)CC(Cc2bcccc2C)C1. The van der Waals surface area contributed by atoms with Gasteiger partial charge in [-0.3, -0.25) is 0 Å². The van der Waals surface area contributed by atoms with Gasteiger partial charge in [-0.15, -0.1) is 0 Å². The number of aryl methyl sites for hydroxylation is 1. The van der Waals surface area contributed by atoms with E-state index in [0.717, 1.165) is 5.92 Å². The van der Waals surface area contributed by atoms with Gasteiger partial charge in [0.25, 0.3) is 0 Å². The van der Waals surface area contributed by atoms with Gasteiger partial charge >= 0.3 is 118 Å². The number of rotatable bonds is 2. The summed E-state index contributed by atoms with van der Waals surface area (Å²) >= 11 is 0. The Morgan fingerprint density at radius 2 is 2.16 bits per heavy atom. The van der Waals surface area contributed by atoms with Crippen molar-refractivity contribution in [1.29, 1.82) is 0 Å². The summed E-state index contributed by atoms with van der Waals surface area (Å²) in [5.74, 6) is 2.89. The van der Waals surface area contributed by atoms with Crippen molar-refractivity contribution >= 4 is 6.91 Å². The molecule has 0 spiro atoms. The Morgan fingerprint density at radius 3 is 2.95 bits per heavy atom. The first-order chi connectivity index (χ1) is 9.15. The van der Waals surface area contributed by atoms with E-state index in [4.69, 9.17) is 0 Å². The van der Waals surface area contributed by atoms with E-state index < -0.39 is 0 Å². The van der Waals surface area contributed by atoms with Crippen LogP contribution in [0.1, 0.15) is 50.0 Å². The van der Waals surface area contributed by atoms with E-state index in [1.165, 1.54) is 55.1 Å². The van der Waals surface area contributed by atoms with Crippen LogP contribution in [-0.2, 0) is 6.42 Å². The molecule has 1 aromatic heterocycles. The third-order valence-corrected chi connectivity index (χ3v) is 4.19. The van der Waals surface area contributed by atoms with E-state index in [1.54, 1.807) is 5.57 Å². The van der Waals surface area contributed by atoms with E-state index in [2.05, 4.69) is 51.5 Å². The summed E-state index contributed by atoms with van der Waals surface area (Å²) in [6, 6.07) is 4.36. The van der Waals surface area contributed by atoms with Gasteiger partial charge in [-0.05, 0) is 0 Å². The van der Waals surface area contributed by atoms with Crippen molar-refractivity contribution in [3.63, 3.8) is 0 Å². The Hall–Kier alpha value is -1.11. The second-order valence-electron chi connectivity index (χ2n) is 6.10. The molecular formula is C18H25B. The number of hydrogen-bond acceptors (Lipinski definition) is 0. The van der Waals surface area contributed by atoms with Crippen LogP contribution in [0, 0.1) is 12.8 Å². The van der Waals surface area contributed by atoms with Crippen LogP contribution in [0.5, 0.6) is 0 Å². The minimum absolute atomic E-state index is 0.725. The van der Waals surface area contributed by atoms with Gasteiger partial charge in [0, 0.05) is 0 Å². The molecule has 1 heteroatoms. The van der Waals surface area contributed by atoms with Gasteiger partial charge < -0.3 is 0 Å². The van der Waals surface area contributed by atoms with Crippen molar-refractivity contribution in [2.45, 2.75) is 52.4 Å². The zero-order valence-electron chi connectivity index (χ0n) is 12.4. The second-order valence-corrected chi connectivity index (χ2v) is 6.10. The molecule has 1 atom stereocenters. The summed E-state index contributed by atoms with van der Waals surface area (Å²) in [6.45, 7) is 11.1. The standard InChI is InChI=1S/C18H25B/c1-14-7-4-5-8-15(2)12-17(11-14)13-18-16(3)9-6-10-19-18/h6,8-10,17H,1,4-5,7,11-13H2,2-3H3/b15-8-. The summed E-state index contributed by atoms with van der Waals surface area (Å²) in [4.78, 5) is 0. The predicted molar refractivity (Wildman–Crippen MR) is 85.7 cm³/mol. The van der Waals surface area contributed by atoms with Gasteiger partial charge in [0.05, 0.1) is 0 Å². The first kappa shape index (κ1) is 14.3. The molecule has 2 rings (SSSR count). The zero-order valence-corrected chi connectivity index (χ0v) is 12.4. The molecule has 1 aliphatic rings. The molecule has 0 nitrogen and oxygen atoms in total. The monoisotopic (exact) mass is 252 g/mol. The van der Waals surface area contributed by atoms with Crippen LogP contribution in [0.2, 0.25) is 0 Å². The third-order valence-electron chi connectivity index (χ3n) is 4.19. The molecule has 1 unspecified atom stereocenters. The van der Waals surface area contributed by atoms with Crippen molar-refractivity contribution in [1.82, 2.24) is 0 Å². The van der Waals surface area contributed by atoms with Gasteiger partial charge in [0.2, 0.25) is 0 Å². The van der Waals surface area contributed by atoms with Crippen molar-refractivity contribution in [2.24, 2.45) is 5.92 Å². The van der Waals surface area contributed by atoms with Crippen LogP contribution in [0.3, 0.4) is 0 Å². The van der Waals surface area contributed by atoms with E-state index in [1.807, 2.05) is 0 Å². The molecule has 0 radical (unpaired) electrons. The molecule has 0 aliphatic heterocycles. The Morgan fingerprint density at radius 1 is 1.32 bits per heavy atom. The summed E-state index contributed by atoms with van der Waals surface area (Å²) in [5, 5.41) is 0. The molecule has 0 saturated carbocycles. The number of hydrogen-bond donors (Lipinski definition) is 0. The van der Waals surface area contributed by atoms with Crippen molar-refractivity contribution in [3.05, 3.63) is 52.9 Å². The van der Waals surface area contributed by atoms with Crippen LogP contribution in [0.4, 0.5) is 0 Å². The predicted octanol–water partition coefficient (Wildman–Crippen LogP) is 4.96. The molecule has 0 aromatic carbocycles. The maximum atomic E-state index is 4.27. The fraction of sp³-hybridized carbons (Fsp3) is 0.500. The molecule has 1 heterocycles. The molecule has 19 heavy (non-hydrogen) atoms. The average Bonchev–Trinajstić information content (AvgIpc) is 2.44. The Labute approximate surface area is 118 Å². The molecule has 100 valence electrons. The maximum absolute atomic E-state index is 4.27. The minimum atomic E-state index is 0.725. The second kappa shape index (κ2) is 6.89. The normalized spacial score (nSPS) is 23.8. The van der Waals surface area contributed by atoms with Gasteiger partial charge in [-0.1, -0.05) is 0 Å². The first-order valence-corrected chi connectivity index (χ1v) is 7.52. The van der Waals surface area contributed by atoms with Crippen molar-refractivity contribution in [2.75, 3.05) is 0 Å². The third kappa shape index (κ3) is 4.49. The fourth-order valence-corrected chi connectivity index (χ4v) is 3.12. The van der Waals surface area contributed by atoms with Gasteiger partial charge in [0.15, 0.2) is 0 Å². The first-order valence-electron chi connectivity index (χ1n) is 7.52. The van der Waals surface area contributed by atoms with E-state index in [9.17, 15) is 0 Å². The quantitative estimate of drug-likeness (QED) is 0.652. The Balaban J connectivity index is 2.11. The number of allylic oxidation sites excluding steroid dienone is 3. The summed E-state index contributed by atoms with van der Waals surface area (Å²) in [6.07, 6.45) is 9.75. The van der Waals surface area contributed by atoms with Crippen LogP contribution in [0.25, 0.3) is 0 Å². The Bertz CT molecular complexity index is 470. The molecule has 1 aromatic rings. The summed E-state index contributed by atoms with van der Waals surface area (Å²) < 4.78 is 0. The van der Waals surface area contributed by atoms with Crippen LogP contribution < -0.4 is 0 Å². The molecule has 0 fully saturated rings. The van der Waals surface area contributed by atoms with E-state index in [-0.39, 0.29) is 0 Å². The molecule has 0 bridgehead atoms. The van der Waals surface area contributed by atoms with E-state index >= 15 is 0 Å². The van der Waals surface area contributed by atoms with Crippen LogP contribution >= 0.6 is 0 Å². The van der Waals surface area contributed by atoms with Crippen molar-refractivity contribution < 1.29 is 0 Å². The summed E-state index contributed by atoms with van der Waals surface area (Å²) in [7, 11) is 0. The van der Waals surface area contributed by atoms with Gasteiger partial charge in [-0.25, -0.2) is 0 Å². The molecular weight excluding hydrogens is 227 g/mol.